The highest BCUT2D eigenvalue weighted by Crippen LogP contribution is 2.35. The van der Waals surface area contributed by atoms with Crippen molar-refractivity contribution in [1.29, 1.82) is 0 Å². The van der Waals surface area contributed by atoms with Crippen LogP contribution < -0.4 is 0 Å². The van der Waals surface area contributed by atoms with Crippen molar-refractivity contribution in [2.24, 2.45) is 5.41 Å². The van der Waals surface area contributed by atoms with Crippen molar-refractivity contribution < 1.29 is 4.79 Å². The van der Waals surface area contributed by atoms with E-state index >= 15 is 0 Å². The molecule has 0 saturated carbocycles. The average Bonchev–Trinajstić information content (AvgIpc) is 3.14. The summed E-state index contributed by atoms with van der Waals surface area (Å²) in [6.07, 6.45) is 2.00. The van der Waals surface area contributed by atoms with E-state index in [9.17, 15) is 4.79 Å². The van der Waals surface area contributed by atoms with Crippen molar-refractivity contribution in [2.75, 3.05) is 6.54 Å². The summed E-state index contributed by atoms with van der Waals surface area (Å²) in [4.78, 5) is 19.5. The SMILES string of the molecule is Cc1cc(-c2cccc([C@@H]3CCCN3C(=O)C(C)(C)C)n2)n[nH]1. The standard InChI is InChI=1S/C18H24N4O/c1-12-11-15(21-20-12)13-7-5-8-14(19-13)16-9-6-10-22(16)17(23)18(2,3)4/h5,7-8,11,16H,6,9-10H2,1-4H3,(H,20,21)/t16-/m0/s1. The summed E-state index contributed by atoms with van der Waals surface area (Å²) in [5.41, 5.74) is 3.30. The highest BCUT2D eigenvalue weighted by atomic mass is 16.2. The molecule has 0 aliphatic carbocycles. The second-order valence-electron chi connectivity index (χ2n) is 7.29. The molecule has 0 aromatic carbocycles. The van der Waals surface area contributed by atoms with Gasteiger partial charge in [0, 0.05) is 17.7 Å². The second-order valence-corrected chi connectivity index (χ2v) is 7.29. The zero-order valence-electron chi connectivity index (χ0n) is 14.3. The molecule has 1 fully saturated rings. The van der Waals surface area contributed by atoms with Gasteiger partial charge in [0.1, 0.15) is 5.69 Å². The Balaban J connectivity index is 1.90. The molecule has 2 aromatic rings. The number of carbonyl (C=O) groups excluding carboxylic acids is 1. The van der Waals surface area contributed by atoms with Crippen LogP contribution in [0.2, 0.25) is 0 Å². The van der Waals surface area contributed by atoms with Gasteiger partial charge >= 0.3 is 0 Å². The van der Waals surface area contributed by atoms with E-state index in [-0.39, 0.29) is 17.4 Å². The van der Waals surface area contributed by atoms with Crippen molar-refractivity contribution in [1.82, 2.24) is 20.1 Å². The van der Waals surface area contributed by atoms with Crippen LogP contribution in [0.3, 0.4) is 0 Å². The highest BCUT2D eigenvalue weighted by Gasteiger charge is 2.36. The van der Waals surface area contributed by atoms with E-state index in [1.807, 2.05) is 56.9 Å². The minimum absolute atomic E-state index is 0.0710. The third-order valence-electron chi connectivity index (χ3n) is 4.24. The van der Waals surface area contributed by atoms with Crippen molar-refractivity contribution >= 4 is 5.91 Å². The molecule has 5 heteroatoms. The lowest BCUT2D eigenvalue weighted by Gasteiger charge is -2.30. The molecule has 1 aliphatic heterocycles. The van der Waals surface area contributed by atoms with E-state index in [0.29, 0.717) is 0 Å². The molecular formula is C18H24N4O. The molecule has 2 aromatic heterocycles. The van der Waals surface area contributed by atoms with Crippen LogP contribution in [0.25, 0.3) is 11.4 Å². The Bertz CT molecular complexity index is 714. The predicted octanol–water partition coefficient (Wildman–Crippen LogP) is 3.49. The number of amides is 1. The molecule has 1 aliphatic rings. The van der Waals surface area contributed by atoms with E-state index in [4.69, 9.17) is 4.98 Å². The number of pyridine rings is 1. The summed E-state index contributed by atoms with van der Waals surface area (Å²) in [5, 5.41) is 7.23. The Hall–Kier alpha value is -2.17. The molecule has 3 rings (SSSR count). The Morgan fingerprint density at radius 2 is 2.09 bits per heavy atom. The first-order chi connectivity index (χ1) is 10.9. The number of aryl methyl sites for hydroxylation is 1. The smallest absolute Gasteiger partial charge is 0.228 e. The molecule has 0 unspecified atom stereocenters. The summed E-state index contributed by atoms with van der Waals surface area (Å²) < 4.78 is 0. The highest BCUT2D eigenvalue weighted by molar-refractivity contribution is 5.82. The fraction of sp³-hybridized carbons (Fsp3) is 0.500. The maximum Gasteiger partial charge on any atom is 0.228 e. The first-order valence-corrected chi connectivity index (χ1v) is 8.16. The maximum absolute atomic E-state index is 12.7. The van der Waals surface area contributed by atoms with Gasteiger partial charge in [-0.3, -0.25) is 9.89 Å². The van der Waals surface area contributed by atoms with Gasteiger partial charge in [0.05, 0.1) is 17.4 Å². The first-order valence-electron chi connectivity index (χ1n) is 8.16. The van der Waals surface area contributed by atoms with E-state index in [1.54, 1.807) is 0 Å². The molecule has 3 heterocycles. The number of H-pyrrole nitrogens is 1. The van der Waals surface area contributed by atoms with Crippen LogP contribution in [-0.2, 0) is 4.79 Å². The van der Waals surface area contributed by atoms with Crippen molar-refractivity contribution in [3.8, 4) is 11.4 Å². The molecule has 23 heavy (non-hydrogen) atoms. The zero-order chi connectivity index (χ0) is 16.6. The second kappa shape index (κ2) is 5.80. The molecule has 1 amide bonds. The van der Waals surface area contributed by atoms with Crippen LogP contribution in [0.1, 0.15) is 51.0 Å². The van der Waals surface area contributed by atoms with Crippen molar-refractivity contribution in [2.45, 2.75) is 46.6 Å². The van der Waals surface area contributed by atoms with Crippen LogP contribution >= 0.6 is 0 Å². The number of hydrogen-bond donors (Lipinski definition) is 1. The van der Waals surface area contributed by atoms with Gasteiger partial charge in [-0.2, -0.15) is 5.10 Å². The lowest BCUT2D eigenvalue weighted by molar-refractivity contribution is -0.140. The Labute approximate surface area is 137 Å². The largest absolute Gasteiger partial charge is 0.334 e. The maximum atomic E-state index is 12.7. The molecule has 0 bridgehead atoms. The number of rotatable bonds is 2. The van der Waals surface area contributed by atoms with Gasteiger partial charge in [-0.05, 0) is 38.0 Å². The molecule has 0 spiro atoms. The van der Waals surface area contributed by atoms with Gasteiger partial charge in [-0.1, -0.05) is 26.8 Å². The van der Waals surface area contributed by atoms with Crippen molar-refractivity contribution in [3.05, 3.63) is 35.7 Å². The van der Waals surface area contributed by atoms with Gasteiger partial charge in [0.25, 0.3) is 0 Å². The minimum atomic E-state index is -0.362. The summed E-state index contributed by atoms with van der Waals surface area (Å²) in [6, 6.07) is 8.03. The van der Waals surface area contributed by atoms with Gasteiger partial charge in [0.15, 0.2) is 0 Å². The number of hydrogen-bond acceptors (Lipinski definition) is 3. The number of aromatic nitrogens is 3. The topological polar surface area (TPSA) is 61.9 Å². The van der Waals surface area contributed by atoms with E-state index in [0.717, 1.165) is 42.2 Å². The molecule has 5 nitrogen and oxygen atoms in total. The van der Waals surface area contributed by atoms with E-state index in [1.165, 1.54) is 0 Å². The zero-order valence-corrected chi connectivity index (χ0v) is 14.3. The summed E-state index contributed by atoms with van der Waals surface area (Å²) >= 11 is 0. The normalized spacial score (nSPS) is 18.4. The first kappa shape index (κ1) is 15.7. The molecule has 122 valence electrons. The Kier molecular flexibility index (Phi) is 3.96. The molecule has 0 radical (unpaired) electrons. The predicted molar refractivity (Wildman–Crippen MR) is 89.7 cm³/mol. The monoisotopic (exact) mass is 312 g/mol. The van der Waals surface area contributed by atoms with Gasteiger partial charge < -0.3 is 4.90 Å². The van der Waals surface area contributed by atoms with Crippen molar-refractivity contribution in [3.63, 3.8) is 0 Å². The minimum Gasteiger partial charge on any atom is -0.334 e. The summed E-state index contributed by atoms with van der Waals surface area (Å²) in [7, 11) is 0. The summed E-state index contributed by atoms with van der Waals surface area (Å²) in [6.45, 7) is 8.71. The van der Waals surface area contributed by atoms with Crippen LogP contribution in [-0.4, -0.2) is 32.5 Å². The number of nitrogens with one attached hydrogen (secondary N) is 1. The lowest BCUT2D eigenvalue weighted by atomic mass is 9.94. The number of likely N-dealkylation sites (tertiary alicyclic amines) is 1. The third kappa shape index (κ3) is 3.14. The molecule has 1 atom stereocenters. The van der Waals surface area contributed by atoms with Gasteiger partial charge in [0.2, 0.25) is 5.91 Å². The van der Waals surface area contributed by atoms with E-state index < -0.39 is 0 Å². The number of nitrogens with zero attached hydrogens (tertiary/aromatic N) is 3. The van der Waals surface area contributed by atoms with Crippen LogP contribution in [0.5, 0.6) is 0 Å². The summed E-state index contributed by atoms with van der Waals surface area (Å²) in [5.74, 6) is 0.197. The van der Waals surface area contributed by atoms with Crippen LogP contribution in [0.15, 0.2) is 24.3 Å². The van der Waals surface area contributed by atoms with Gasteiger partial charge in [-0.25, -0.2) is 4.98 Å². The Morgan fingerprint density at radius 3 is 2.74 bits per heavy atom. The van der Waals surface area contributed by atoms with E-state index in [2.05, 4.69) is 10.2 Å². The fourth-order valence-corrected chi connectivity index (χ4v) is 3.08. The number of aromatic amines is 1. The van der Waals surface area contributed by atoms with Crippen LogP contribution in [0, 0.1) is 12.3 Å². The fourth-order valence-electron chi connectivity index (χ4n) is 3.08. The quantitative estimate of drug-likeness (QED) is 0.923. The van der Waals surface area contributed by atoms with Gasteiger partial charge in [-0.15, -0.1) is 0 Å². The molecule has 1 N–H and O–H groups in total. The third-order valence-corrected chi connectivity index (χ3v) is 4.24. The lowest BCUT2D eigenvalue weighted by Crippen LogP contribution is -2.39. The Morgan fingerprint density at radius 1 is 1.30 bits per heavy atom. The van der Waals surface area contributed by atoms with Crippen LogP contribution in [0.4, 0.5) is 0 Å². The average molecular weight is 312 g/mol. The number of carbonyl (C=O) groups is 1. The molecule has 1 saturated heterocycles. The molecular weight excluding hydrogens is 288 g/mol.